The van der Waals surface area contributed by atoms with Crippen molar-refractivity contribution in [2.45, 2.75) is 67.8 Å². The minimum Gasteiger partial charge on any atom is -0.464 e. The van der Waals surface area contributed by atoms with Crippen LogP contribution in [-0.4, -0.2) is 26.7 Å². The van der Waals surface area contributed by atoms with Crippen LogP contribution in [0.3, 0.4) is 0 Å². The molecular weight excluding hydrogens is 367 g/mol. The predicted octanol–water partition coefficient (Wildman–Crippen LogP) is 3.46. The third kappa shape index (κ3) is 2.62. The van der Waals surface area contributed by atoms with Crippen molar-refractivity contribution < 1.29 is 14.6 Å². The van der Waals surface area contributed by atoms with Crippen molar-refractivity contribution in [2.24, 2.45) is 17.3 Å². The Kier molecular flexibility index (Phi) is 3.64. The monoisotopic (exact) mass is 392 g/mol. The Balaban J connectivity index is 1.67. The second-order valence-corrected chi connectivity index (χ2v) is 10.2. The van der Waals surface area contributed by atoms with Crippen LogP contribution < -0.4 is 0 Å². The maximum absolute atomic E-state index is 12.2. The summed E-state index contributed by atoms with van der Waals surface area (Å²) in [4.78, 5) is 12.2. The van der Waals surface area contributed by atoms with Gasteiger partial charge in [0.25, 0.3) is 0 Å². The number of halogens is 1. The number of carbonyl (C=O) groups is 1. The summed E-state index contributed by atoms with van der Waals surface area (Å²) in [5, 5.41) is 10.7. The molecule has 4 aliphatic carbocycles. The molecule has 0 aromatic heterocycles. The Hall–Kier alpha value is 0.160. The first-order valence-corrected chi connectivity index (χ1v) is 8.92. The summed E-state index contributed by atoms with van der Waals surface area (Å²) in [6, 6.07) is 0. The van der Waals surface area contributed by atoms with Crippen molar-refractivity contribution in [3.05, 3.63) is 0 Å². The molecule has 0 spiro atoms. The normalized spacial score (nSPS) is 45.2. The number of aliphatic hydroxyl groups is 1. The van der Waals surface area contributed by atoms with E-state index in [1.165, 1.54) is 6.42 Å². The average Bonchev–Trinajstić information content (AvgIpc) is 2.33. The van der Waals surface area contributed by atoms with Crippen molar-refractivity contribution >= 4 is 28.6 Å². The van der Waals surface area contributed by atoms with Gasteiger partial charge in [0, 0.05) is 5.41 Å². The van der Waals surface area contributed by atoms with Crippen LogP contribution in [0.4, 0.5) is 0 Å². The first kappa shape index (κ1) is 15.1. The molecule has 4 rings (SSSR count). The third-order valence-electron chi connectivity index (χ3n) is 5.75. The fraction of sp³-hybridized carbons (Fsp3) is 0.938. The summed E-state index contributed by atoms with van der Waals surface area (Å²) < 4.78 is 5.25. The van der Waals surface area contributed by atoms with Crippen molar-refractivity contribution in [2.75, 3.05) is 6.61 Å². The highest BCUT2D eigenvalue weighted by Crippen LogP contribution is 2.61. The van der Waals surface area contributed by atoms with E-state index in [0.717, 1.165) is 38.5 Å². The van der Waals surface area contributed by atoms with Crippen molar-refractivity contribution in [3.63, 3.8) is 0 Å². The summed E-state index contributed by atoms with van der Waals surface area (Å²) in [7, 11) is 0. The number of hydrogen-bond acceptors (Lipinski definition) is 3. The van der Waals surface area contributed by atoms with Crippen LogP contribution >= 0.6 is 22.6 Å². The van der Waals surface area contributed by atoms with Crippen LogP contribution in [0.15, 0.2) is 0 Å². The molecule has 3 nitrogen and oxygen atoms in total. The first-order chi connectivity index (χ1) is 9.26. The lowest BCUT2D eigenvalue weighted by atomic mass is 9.48. The smallest absolute Gasteiger partial charge is 0.321 e. The lowest BCUT2D eigenvalue weighted by Gasteiger charge is -2.59. The van der Waals surface area contributed by atoms with Crippen LogP contribution in [0.1, 0.15) is 58.8 Å². The molecule has 1 N–H and O–H groups in total. The molecule has 4 heteroatoms. The van der Waals surface area contributed by atoms with Crippen LogP contribution in [0.25, 0.3) is 0 Å². The fourth-order valence-electron chi connectivity index (χ4n) is 5.08. The van der Waals surface area contributed by atoms with Gasteiger partial charge in [-0.05, 0) is 63.7 Å². The van der Waals surface area contributed by atoms with Crippen LogP contribution in [-0.2, 0) is 9.53 Å². The predicted molar refractivity (Wildman–Crippen MR) is 85.7 cm³/mol. The number of alkyl halides is 1. The summed E-state index contributed by atoms with van der Waals surface area (Å²) in [5.74, 6) is 1.21. The SMILES string of the molecule is CCC(C)(I)C(=O)OCC12CC3CC(CC(O)(C3)C1)C2. The van der Waals surface area contributed by atoms with Gasteiger partial charge in [-0.15, -0.1) is 0 Å². The molecule has 0 amide bonds. The lowest BCUT2D eigenvalue weighted by molar-refractivity contribution is -0.187. The van der Waals surface area contributed by atoms with Gasteiger partial charge in [-0.25, -0.2) is 0 Å². The Labute approximate surface area is 135 Å². The highest BCUT2D eigenvalue weighted by atomic mass is 127. The minimum absolute atomic E-state index is 0.0644. The molecule has 4 aliphatic rings. The molecule has 0 aromatic rings. The van der Waals surface area contributed by atoms with Gasteiger partial charge in [-0.3, -0.25) is 4.79 Å². The van der Waals surface area contributed by atoms with E-state index in [1.807, 2.05) is 13.8 Å². The van der Waals surface area contributed by atoms with Crippen LogP contribution in [0.2, 0.25) is 0 Å². The van der Waals surface area contributed by atoms with Gasteiger partial charge in [0.2, 0.25) is 0 Å². The number of esters is 1. The first-order valence-electron chi connectivity index (χ1n) is 7.84. The fourth-order valence-corrected chi connectivity index (χ4v) is 5.24. The number of rotatable bonds is 4. The van der Waals surface area contributed by atoms with Gasteiger partial charge in [0.15, 0.2) is 0 Å². The van der Waals surface area contributed by atoms with Crippen LogP contribution in [0, 0.1) is 17.3 Å². The maximum Gasteiger partial charge on any atom is 0.321 e. The molecule has 3 atom stereocenters. The highest BCUT2D eigenvalue weighted by molar-refractivity contribution is 14.1. The standard InChI is InChI=1S/C16H25IO3/c1-3-14(2,17)13(18)20-10-15-5-11-4-12(6-15)8-16(19,7-11)9-15/h11-12,19H,3-10H2,1-2H3. The van der Waals surface area contributed by atoms with E-state index < -0.39 is 9.02 Å². The highest BCUT2D eigenvalue weighted by Gasteiger charge is 2.57. The molecule has 0 heterocycles. The van der Waals surface area contributed by atoms with E-state index in [4.69, 9.17) is 4.74 Å². The molecule has 4 saturated carbocycles. The average molecular weight is 392 g/mol. The van der Waals surface area contributed by atoms with Crippen molar-refractivity contribution in [1.82, 2.24) is 0 Å². The Bertz CT molecular complexity index is 404. The number of hydrogen-bond donors (Lipinski definition) is 1. The second kappa shape index (κ2) is 4.83. The molecule has 0 aromatic carbocycles. The van der Waals surface area contributed by atoms with E-state index in [2.05, 4.69) is 22.6 Å². The van der Waals surface area contributed by atoms with Gasteiger partial charge in [-0.1, -0.05) is 29.5 Å². The molecule has 114 valence electrons. The van der Waals surface area contributed by atoms with E-state index in [1.54, 1.807) is 0 Å². The summed E-state index contributed by atoms with van der Waals surface area (Å²) in [6.45, 7) is 4.46. The lowest BCUT2D eigenvalue weighted by Crippen LogP contribution is -2.57. The summed E-state index contributed by atoms with van der Waals surface area (Å²) in [5.41, 5.74) is -0.399. The van der Waals surface area contributed by atoms with Gasteiger partial charge in [0.05, 0.1) is 12.2 Å². The third-order valence-corrected chi connectivity index (χ3v) is 6.95. The van der Waals surface area contributed by atoms with Crippen molar-refractivity contribution in [3.8, 4) is 0 Å². The topological polar surface area (TPSA) is 46.5 Å². The summed E-state index contributed by atoms with van der Waals surface area (Å²) in [6.07, 6.45) is 7.12. The minimum atomic E-state index is -0.463. The number of carbonyl (C=O) groups excluding carboxylic acids is 1. The molecule has 0 radical (unpaired) electrons. The maximum atomic E-state index is 12.2. The zero-order valence-corrected chi connectivity index (χ0v) is 14.6. The Morgan fingerprint density at radius 2 is 1.95 bits per heavy atom. The van der Waals surface area contributed by atoms with E-state index in [0.29, 0.717) is 18.4 Å². The van der Waals surface area contributed by atoms with E-state index in [-0.39, 0.29) is 11.4 Å². The van der Waals surface area contributed by atoms with Crippen LogP contribution in [0.5, 0.6) is 0 Å². The van der Waals surface area contributed by atoms with Gasteiger partial charge in [-0.2, -0.15) is 0 Å². The van der Waals surface area contributed by atoms with Gasteiger partial charge in [0.1, 0.15) is 3.42 Å². The zero-order valence-electron chi connectivity index (χ0n) is 12.5. The zero-order chi connectivity index (χ0) is 14.6. The largest absolute Gasteiger partial charge is 0.464 e. The molecule has 3 unspecified atom stereocenters. The molecule has 20 heavy (non-hydrogen) atoms. The van der Waals surface area contributed by atoms with Crippen molar-refractivity contribution in [1.29, 1.82) is 0 Å². The molecule has 4 bridgehead atoms. The van der Waals surface area contributed by atoms with Gasteiger partial charge < -0.3 is 9.84 Å². The Morgan fingerprint density at radius 3 is 2.45 bits per heavy atom. The molecule has 0 aliphatic heterocycles. The molecule has 4 fully saturated rings. The Morgan fingerprint density at radius 1 is 1.35 bits per heavy atom. The number of ether oxygens (including phenoxy) is 1. The van der Waals surface area contributed by atoms with Gasteiger partial charge >= 0.3 is 5.97 Å². The quantitative estimate of drug-likeness (QED) is 0.453. The summed E-state index contributed by atoms with van der Waals surface area (Å²) >= 11 is 2.19. The molecular formula is C16H25IO3. The molecule has 0 saturated heterocycles. The van der Waals surface area contributed by atoms with E-state index >= 15 is 0 Å². The second-order valence-electron chi connectivity index (χ2n) is 7.81. The van der Waals surface area contributed by atoms with E-state index in [9.17, 15) is 9.90 Å².